The number of carbonyl (C=O) groups excluding carboxylic acids is 1. The van der Waals surface area contributed by atoms with Crippen molar-refractivity contribution >= 4 is 5.91 Å². The van der Waals surface area contributed by atoms with E-state index in [1.807, 2.05) is 16.9 Å². The lowest BCUT2D eigenvalue weighted by Gasteiger charge is -2.49. The molecule has 0 aliphatic carbocycles. The number of ether oxygens (including phenoxy) is 1. The van der Waals surface area contributed by atoms with Crippen molar-refractivity contribution in [2.24, 2.45) is 11.8 Å². The number of piperidine rings is 3. The SMILES string of the molecule is COCCNC(=O)[C@H]1CN2CCC1C[C@@H]2Cn1cc(-c2cccc(O)c2)nn1. The fourth-order valence-electron chi connectivity index (χ4n) is 4.43. The monoisotopic (exact) mass is 385 g/mol. The van der Waals surface area contributed by atoms with E-state index in [9.17, 15) is 9.90 Å². The number of carbonyl (C=O) groups is 1. The first kappa shape index (κ1) is 18.9. The van der Waals surface area contributed by atoms with Crippen molar-refractivity contribution in [2.45, 2.75) is 25.4 Å². The maximum atomic E-state index is 12.5. The summed E-state index contributed by atoms with van der Waals surface area (Å²) in [5.41, 5.74) is 1.60. The van der Waals surface area contributed by atoms with E-state index in [4.69, 9.17) is 4.74 Å². The van der Waals surface area contributed by atoms with Crippen molar-refractivity contribution in [3.63, 3.8) is 0 Å². The van der Waals surface area contributed by atoms with Gasteiger partial charge in [-0.25, -0.2) is 0 Å². The molecule has 8 heteroatoms. The molecule has 1 aromatic heterocycles. The van der Waals surface area contributed by atoms with Gasteiger partial charge in [0.1, 0.15) is 11.4 Å². The van der Waals surface area contributed by atoms with Gasteiger partial charge in [-0.15, -0.1) is 5.10 Å². The van der Waals surface area contributed by atoms with Crippen LogP contribution in [0.25, 0.3) is 11.3 Å². The van der Waals surface area contributed by atoms with Gasteiger partial charge in [0.05, 0.1) is 25.3 Å². The molecule has 2 bridgehead atoms. The van der Waals surface area contributed by atoms with Crippen LogP contribution >= 0.6 is 0 Å². The third kappa shape index (κ3) is 4.02. The van der Waals surface area contributed by atoms with Gasteiger partial charge < -0.3 is 15.2 Å². The van der Waals surface area contributed by atoms with E-state index in [1.54, 1.807) is 25.3 Å². The van der Waals surface area contributed by atoms with Crippen LogP contribution in [0.3, 0.4) is 0 Å². The number of fused-ring (bicyclic) bond motifs is 3. The van der Waals surface area contributed by atoms with Gasteiger partial charge in [-0.3, -0.25) is 14.4 Å². The normalized spacial score (nSPS) is 26.3. The Balaban J connectivity index is 1.37. The molecule has 0 spiro atoms. The minimum absolute atomic E-state index is 0.0699. The average molecular weight is 385 g/mol. The summed E-state index contributed by atoms with van der Waals surface area (Å²) in [5, 5.41) is 21.2. The summed E-state index contributed by atoms with van der Waals surface area (Å²) in [6.45, 7) is 3.72. The zero-order valence-corrected chi connectivity index (χ0v) is 16.1. The van der Waals surface area contributed by atoms with E-state index >= 15 is 0 Å². The molecule has 3 fully saturated rings. The van der Waals surface area contributed by atoms with Crippen LogP contribution in [0, 0.1) is 11.8 Å². The summed E-state index contributed by atoms with van der Waals surface area (Å²) in [4.78, 5) is 14.9. The molecule has 2 unspecified atom stereocenters. The predicted molar refractivity (Wildman–Crippen MR) is 104 cm³/mol. The second kappa shape index (κ2) is 8.28. The summed E-state index contributed by atoms with van der Waals surface area (Å²) in [5.74, 6) is 0.863. The summed E-state index contributed by atoms with van der Waals surface area (Å²) < 4.78 is 6.88. The Morgan fingerprint density at radius 1 is 1.43 bits per heavy atom. The van der Waals surface area contributed by atoms with Crippen LogP contribution in [0.4, 0.5) is 0 Å². The molecular weight excluding hydrogens is 358 g/mol. The maximum Gasteiger partial charge on any atom is 0.224 e. The van der Waals surface area contributed by atoms with Crippen LogP contribution in [0.2, 0.25) is 0 Å². The van der Waals surface area contributed by atoms with E-state index in [2.05, 4.69) is 20.5 Å². The number of hydrogen-bond acceptors (Lipinski definition) is 6. The second-order valence-corrected chi connectivity index (χ2v) is 7.70. The molecule has 3 saturated heterocycles. The van der Waals surface area contributed by atoms with Crippen LogP contribution in [0.15, 0.2) is 30.5 Å². The van der Waals surface area contributed by atoms with Crippen LogP contribution in [0.5, 0.6) is 5.75 Å². The molecule has 5 rings (SSSR count). The Kier molecular flexibility index (Phi) is 5.59. The first-order valence-electron chi connectivity index (χ1n) is 9.84. The van der Waals surface area contributed by atoms with Crippen LogP contribution in [-0.4, -0.2) is 70.3 Å². The summed E-state index contributed by atoms with van der Waals surface area (Å²) in [6, 6.07) is 7.41. The van der Waals surface area contributed by atoms with Crippen molar-refractivity contribution in [2.75, 3.05) is 33.4 Å². The minimum atomic E-state index is 0.0699. The second-order valence-electron chi connectivity index (χ2n) is 7.70. The highest BCUT2D eigenvalue weighted by Gasteiger charge is 2.43. The minimum Gasteiger partial charge on any atom is -0.508 e. The maximum absolute atomic E-state index is 12.5. The number of amides is 1. The lowest BCUT2D eigenvalue weighted by molar-refractivity contribution is -0.133. The van der Waals surface area contributed by atoms with E-state index in [0.29, 0.717) is 25.1 Å². The predicted octanol–water partition coefficient (Wildman–Crippen LogP) is 1.12. The first-order chi connectivity index (χ1) is 13.6. The van der Waals surface area contributed by atoms with Gasteiger partial charge in [-0.2, -0.15) is 0 Å². The van der Waals surface area contributed by atoms with Crippen LogP contribution in [-0.2, 0) is 16.1 Å². The lowest BCUT2D eigenvalue weighted by atomic mass is 9.75. The van der Waals surface area contributed by atoms with E-state index in [-0.39, 0.29) is 17.6 Å². The number of aromatic nitrogens is 3. The molecule has 3 aliphatic rings. The molecule has 2 aromatic rings. The summed E-state index contributed by atoms with van der Waals surface area (Å²) >= 11 is 0. The molecule has 8 nitrogen and oxygen atoms in total. The van der Waals surface area contributed by atoms with Gasteiger partial charge in [-0.1, -0.05) is 17.3 Å². The third-order valence-electron chi connectivity index (χ3n) is 5.90. The zero-order chi connectivity index (χ0) is 19.5. The smallest absolute Gasteiger partial charge is 0.224 e. The Hall–Kier alpha value is -2.45. The van der Waals surface area contributed by atoms with Crippen LogP contribution in [0.1, 0.15) is 12.8 Å². The van der Waals surface area contributed by atoms with E-state index in [0.717, 1.165) is 43.7 Å². The fraction of sp³-hybridized carbons (Fsp3) is 0.550. The summed E-state index contributed by atoms with van der Waals surface area (Å²) in [7, 11) is 1.64. The summed E-state index contributed by atoms with van der Waals surface area (Å²) in [6.07, 6.45) is 4.00. The zero-order valence-electron chi connectivity index (χ0n) is 16.1. The number of nitrogens with one attached hydrogen (secondary N) is 1. The lowest BCUT2D eigenvalue weighted by Crippen LogP contribution is -2.58. The molecule has 2 N–H and O–H groups in total. The van der Waals surface area contributed by atoms with Crippen molar-refractivity contribution in [1.82, 2.24) is 25.2 Å². The quantitative estimate of drug-likeness (QED) is 0.694. The molecule has 0 radical (unpaired) electrons. The number of methoxy groups -OCH3 is 1. The topological polar surface area (TPSA) is 92.5 Å². The molecule has 4 heterocycles. The highest BCUT2D eigenvalue weighted by atomic mass is 16.5. The standard InChI is InChI=1S/C20H27N5O3/c1-28-8-6-21-20(27)18-12-24-7-5-14(18)9-16(24)11-25-13-19(22-23-25)15-3-2-4-17(26)10-15/h2-4,10,13-14,16,18,26H,5-9,11-12H2,1H3,(H,21,27)/t14?,16-,18+/m1/s1. The van der Waals surface area contributed by atoms with Crippen molar-refractivity contribution < 1.29 is 14.6 Å². The molecule has 3 aliphatic heterocycles. The van der Waals surface area contributed by atoms with Crippen molar-refractivity contribution in [1.29, 1.82) is 0 Å². The first-order valence-corrected chi connectivity index (χ1v) is 9.84. The Morgan fingerprint density at radius 3 is 3.07 bits per heavy atom. The number of rotatable bonds is 7. The fourth-order valence-corrected chi connectivity index (χ4v) is 4.43. The van der Waals surface area contributed by atoms with Crippen molar-refractivity contribution in [3.05, 3.63) is 30.5 Å². The van der Waals surface area contributed by atoms with Crippen LogP contribution < -0.4 is 5.32 Å². The third-order valence-corrected chi connectivity index (χ3v) is 5.90. The Bertz CT molecular complexity index is 824. The van der Waals surface area contributed by atoms with Crippen molar-refractivity contribution in [3.8, 4) is 17.0 Å². The number of nitrogens with zero attached hydrogens (tertiary/aromatic N) is 4. The Morgan fingerprint density at radius 2 is 2.32 bits per heavy atom. The van der Waals surface area contributed by atoms with E-state index in [1.165, 1.54) is 0 Å². The molecular formula is C20H27N5O3. The number of phenolic OH excluding ortho intramolecular Hbond substituents is 1. The number of aromatic hydroxyl groups is 1. The van der Waals surface area contributed by atoms with Gasteiger partial charge in [-0.05, 0) is 37.4 Å². The van der Waals surface area contributed by atoms with Gasteiger partial charge in [0.15, 0.2) is 0 Å². The highest BCUT2D eigenvalue weighted by molar-refractivity contribution is 5.79. The molecule has 28 heavy (non-hydrogen) atoms. The van der Waals surface area contributed by atoms with Gasteiger partial charge in [0, 0.05) is 31.8 Å². The number of hydrogen-bond donors (Lipinski definition) is 2. The molecule has 1 aromatic carbocycles. The molecule has 0 saturated carbocycles. The average Bonchev–Trinajstić information content (AvgIpc) is 3.17. The van der Waals surface area contributed by atoms with Gasteiger partial charge in [0.25, 0.3) is 0 Å². The molecule has 150 valence electrons. The van der Waals surface area contributed by atoms with Gasteiger partial charge >= 0.3 is 0 Å². The van der Waals surface area contributed by atoms with E-state index < -0.39 is 0 Å². The Labute approximate surface area is 164 Å². The number of benzene rings is 1. The molecule has 1 amide bonds. The molecule has 4 atom stereocenters. The number of phenols is 1. The highest BCUT2D eigenvalue weighted by Crippen LogP contribution is 2.37. The van der Waals surface area contributed by atoms with Gasteiger partial charge in [0.2, 0.25) is 5.91 Å². The largest absolute Gasteiger partial charge is 0.508 e.